The molecule has 0 saturated carbocycles. The molecule has 0 aromatic heterocycles. The van der Waals surface area contributed by atoms with Crippen molar-refractivity contribution in [2.24, 2.45) is 0 Å². The van der Waals surface area contributed by atoms with Crippen molar-refractivity contribution in [2.75, 3.05) is 19.8 Å². The van der Waals surface area contributed by atoms with E-state index in [0.29, 0.717) is 5.75 Å². The zero-order valence-corrected chi connectivity index (χ0v) is 7.69. The molecule has 0 saturated heterocycles. The molecule has 0 aliphatic carbocycles. The lowest BCUT2D eigenvalue weighted by Gasteiger charge is -2.05. The Labute approximate surface area is 82.5 Å². The van der Waals surface area contributed by atoms with Crippen molar-refractivity contribution in [1.82, 2.24) is 5.32 Å². The highest BCUT2D eigenvalue weighted by molar-refractivity contribution is 5.77. The molecule has 0 unspecified atom stereocenters. The van der Waals surface area contributed by atoms with Crippen molar-refractivity contribution in [3.63, 3.8) is 0 Å². The molecule has 1 radical (unpaired) electrons. The number of para-hydroxylation sites is 1. The maximum atomic E-state index is 11.0. The number of carbonyl (C=O) groups excluding carboxylic acids is 1. The van der Waals surface area contributed by atoms with Gasteiger partial charge < -0.3 is 15.2 Å². The Morgan fingerprint density at radius 1 is 1.57 bits per heavy atom. The number of rotatable bonds is 5. The molecular weight excluding hydrogens is 182 g/mol. The average Bonchev–Trinajstić information content (AvgIpc) is 2.25. The van der Waals surface area contributed by atoms with Gasteiger partial charge in [0, 0.05) is 12.6 Å². The van der Waals surface area contributed by atoms with Crippen LogP contribution in [0.2, 0.25) is 0 Å². The molecule has 1 amide bonds. The fraction of sp³-hybridized carbons (Fsp3) is 0.300. The lowest BCUT2D eigenvalue weighted by atomic mass is 10.3. The predicted octanol–water partition coefficient (Wildman–Crippen LogP) is -0.0259. The van der Waals surface area contributed by atoms with Gasteiger partial charge in [-0.05, 0) is 6.07 Å². The average molecular weight is 194 g/mol. The Morgan fingerprint density at radius 2 is 2.43 bits per heavy atom. The van der Waals surface area contributed by atoms with Gasteiger partial charge in [0.1, 0.15) is 5.75 Å². The van der Waals surface area contributed by atoms with Crippen LogP contribution in [0.1, 0.15) is 0 Å². The van der Waals surface area contributed by atoms with Crippen molar-refractivity contribution in [3.8, 4) is 5.75 Å². The third-order valence-electron chi connectivity index (χ3n) is 1.47. The second-order valence-corrected chi connectivity index (χ2v) is 2.59. The van der Waals surface area contributed by atoms with E-state index in [9.17, 15) is 4.79 Å². The Bertz CT molecular complexity index is 274. The van der Waals surface area contributed by atoms with E-state index >= 15 is 0 Å². The first-order valence-electron chi connectivity index (χ1n) is 4.30. The van der Waals surface area contributed by atoms with Gasteiger partial charge in [-0.2, -0.15) is 0 Å². The highest BCUT2D eigenvalue weighted by atomic mass is 16.5. The third-order valence-corrected chi connectivity index (χ3v) is 1.47. The highest BCUT2D eigenvalue weighted by Gasteiger charge is 2.00. The van der Waals surface area contributed by atoms with Crippen molar-refractivity contribution >= 4 is 5.91 Å². The van der Waals surface area contributed by atoms with Crippen LogP contribution in [0.4, 0.5) is 0 Å². The summed E-state index contributed by atoms with van der Waals surface area (Å²) < 4.78 is 5.12. The molecule has 1 rings (SSSR count). The summed E-state index contributed by atoms with van der Waals surface area (Å²) in [6, 6.07) is 9.88. The first-order valence-corrected chi connectivity index (χ1v) is 4.30. The minimum atomic E-state index is -0.253. The van der Waals surface area contributed by atoms with Crippen LogP contribution in [0.15, 0.2) is 24.3 Å². The van der Waals surface area contributed by atoms with E-state index in [2.05, 4.69) is 11.4 Å². The molecule has 75 valence electrons. The number of hydrogen-bond acceptors (Lipinski definition) is 3. The molecular formula is C10H12NO3. The Balaban J connectivity index is 2.24. The van der Waals surface area contributed by atoms with E-state index in [1.807, 2.05) is 6.07 Å². The van der Waals surface area contributed by atoms with Gasteiger partial charge in [0.25, 0.3) is 5.91 Å². The van der Waals surface area contributed by atoms with Crippen molar-refractivity contribution in [2.45, 2.75) is 0 Å². The van der Waals surface area contributed by atoms with Gasteiger partial charge in [-0.25, -0.2) is 0 Å². The van der Waals surface area contributed by atoms with Gasteiger partial charge in [-0.1, -0.05) is 18.2 Å². The number of benzene rings is 1. The summed E-state index contributed by atoms with van der Waals surface area (Å²) >= 11 is 0. The summed E-state index contributed by atoms with van der Waals surface area (Å²) in [5, 5.41) is 10.9. The normalized spacial score (nSPS) is 9.50. The maximum Gasteiger partial charge on any atom is 0.258 e. The first-order chi connectivity index (χ1) is 6.83. The fourth-order valence-corrected chi connectivity index (χ4v) is 0.856. The van der Waals surface area contributed by atoms with E-state index in [0.717, 1.165) is 0 Å². The summed E-state index contributed by atoms with van der Waals surface area (Å²) in [4.78, 5) is 11.0. The zero-order chi connectivity index (χ0) is 10.2. The first kappa shape index (κ1) is 10.5. The number of aliphatic hydroxyl groups is 1. The molecule has 4 nitrogen and oxygen atoms in total. The minimum Gasteiger partial charge on any atom is -0.483 e. The van der Waals surface area contributed by atoms with Crippen LogP contribution in [0, 0.1) is 6.07 Å². The number of carbonyl (C=O) groups is 1. The molecule has 0 atom stereocenters. The Morgan fingerprint density at radius 3 is 3.07 bits per heavy atom. The molecule has 0 aliphatic rings. The number of ether oxygens (including phenoxy) is 1. The smallest absolute Gasteiger partial charge is 0.258 e. The molecule has 0 aliphatic heterocycles. The van der Waals surface area contributed by atoms with Gasteiger partial charge in [-0.15, -0.1) is 0 Å². The summed E-state index contributed by atoms with van der Waals surface area (Å²) in [6.07, 6.45) is 0. The van der Waals surface area contributed by atoms with E-state index < -0.39 is 0 Å². The molecule has 0 heterocycles. The molecule has 4 heteroatoms. The molecule has 0 spiro atoms. The van der Waals surface area contributed by atoms with Crippen LogP contribution in [-0.2, 0) is 4.79 Å². The molecule has 1 aromatic carbocycles. The van der Waals surface area contributed by atoms with Crippen molar-refractivity contribution < 1.29 is 14.6 Å². The van der Waals surface area contributed by atoms with Crippen LogP contribution >= 0.6 is 0 Å². The number of nitrogens with one attached hydrogen (secondary N) is 1. The van der Waals surface area contributed by atoms with E-state index in [1.54, 1.807) is 18.2 Å². The Hall–Kier alpha value is -1.55. The lowest BCUT2D eigenvalue weighted by molar-refractivity contribution is -0.123. The second-order valence-electron chi connectivity index (χ2n) is 2.59. The largest absolute Gasteiger partial charge is 0.483 e. The Kier molecular flexibility index (Phi) is 4.50. The van der Waals surface area contributed by atoms with E-state index in [1.165, 1.54) is 0 Å². The van der Waals surface area contributed by atoms with E-state index in [4.69, 9.17) is 9.84 Å². The van der Waals surface area contributed by atoms with Crippen molar-refractivity contribution in [1.29, 1.82) is 0 Å². The fourth-order valence-electron chi connectivity index (χ4n) is 0.856. The molecule has 0 bridgehead atoms. The molecule has 14 heavy (non-hydrogen) atoms. The highest BCUT2D eigenvalue weighted by Crippen LogP contribution is 2.06. The number of aliphatic hydroxyl groups excluding tert-OH is 1. The van der Waals surface area contributed by atoms with Crippen molar-refractivity contribution in [3.05, 3.63) is 30.3 Å². The van der Waals surface area contributed by atoms with Crippen LogP contribution in [0.5, 0.6) is 5.75 Å². The summed E-state index contributed by atoms with van der Waals surface area (Å²) in [5.41, 5.74) is 0. The number of amides is 1. The van der Waals surface area contributed by atoms with Gasteiger partial charge in [0.2, 0.25) is 0 Å². The zero-order valence-electron chi connectivity index (χ0n) is 7.69. The summed E-state index contributed by atoms with van der Waals surface area (Å²) in [5.74, 6) is 0.281. The quantitative estimate of drug-likeness (QED) is 0.692. The molecule has 2 N–H and O–H groups in total. The van der Waals surface area contributed by atoms with Gasteiger partial charge >= 0.3 is 0 Å². The SMILES string of the molecule is O=C(COc1[c]cccc1)NCCO. The predicted molar refractivity (Wildman–Crippen MR) is 50.9 cm³/mol. The molecule has 0 fully saturated rings. The van der Waals surface area contributed by atoms with Crippen LogP contribution in [0.3, 0.4) is 0 Å². The molecule has 1 aromatic rings. The lowest BCUT2D eigenvalue weighted by Crippen LogP contribution is -2.31. The van der Waals surface area contributed by atoms with Gasteiger partial charge in [-0.3, -0.25) is 4.79 Å². The topological polar surface area (TPSA) is 58.6 Å². The van der Waals surface area contributed by atoms with Gasteiger partial charge in [0.05, 0.1) is 6.61 Å². The minimum absolute atomic E-state index is 0.0550. The second kappa shape index (κ2) is 5.99. The van der Waals surface area contributed by atoms with Gasteiger partial charge in [0.15, 0.2) is 6.61 Å². The van der Waals surface area contributed by atoms with Crippen LogP contribution in [0.25, 0.3) is 0 Å². The van der Waals surface area contributed by atoms with E-state index in [-0.39, 0.29) is 25.7 Å². The third kappa shape index (κ3) is 3.91. The maximum absolute atomic E-state index is 11.0. The number of hydrogen-bond donors (Lipinski definition) is 2. The van der Waals surface area contributed by atoms with Crippen LogP contribution < -0.4 is 10.1 Å². The summed E-state index contributed by atoms with van der Waals surface area (Å²) in [6.45, 7) is 0.129. The monoisotopic (exact) mass is 194 g/mol. The van der Waals surface area contributed by atoms with Crippen LogP contribution in [-0.4, -0.2) is 30.8 Å². The standard InChI is InChI=1S/C10H12NO3/c12-7-6-11-10(13)8-14-9-4-2-1-3-5-9/h1-4,12H,6-8H2,(H,11,13). The summed E-state index contributed by atoms with van der Waals surface area (Å²) in [7, 11) is 0.